The normalized spacial score (nSPS) is 17.5. The van der Waals surface area contributed by atoms with Crippen LogP contribution in [0, 0.1) is 0 Å². The predicted molar refractivity (Wildman–Crippen MR) is 88.8 cm³/mol. The van der Waals surface area contributed by atoms with Crippen LogP contribution in [0.15, 0.2) is 18.3 Å². The van der Waals surface area contributed by atoms with Crippen LogP contribution in [-0.4, -0.2) is 45.9 Å². The van der Waals surface area contributed by atoms with Crippen LogP contribution in [0.5, 0.6) is 0 Å². The van der Waals surface area contributed by atoms with Crippen molar-refractivity contribution in [3.8, 4) is 0 Å². The molecule has 1 atom stereocenters. The molecule has 0 bridgehead atoms. The van der Waals surface area contributed by atoms with Crippen molar-refractivity contribution < 1.29 is 9.59 Å². The van der Waals surface area contributed by atoms with Crippen LogP contribution in [0.1, 0.15) is 42.7 Å². The lowest BCUT2D eigenvalue weighted by Gasteiger charge is -2.23. The lowest BCUT2D eigenvalue weighted by atomic mass is 10.1. The molecular formula is C16H23N3O2S. The summed E-state index contributed by atoms with van der Waals surface area (Å²) in [4.78, 5) is 30.9. The SMILES string of the molecule is CCCCNC(=O)[C@@H]1CSCN1C(=O)c1ncccc1CC. The van der Waals surface area contributed by atoms with E-state index in [1.54, 1.807) is 22.9 Å². The first-order valence-electron chi connectivity index (χ1n) is 7.79. The van der Waals surface area contributed by atoms with Gasteiger partial charge < -0.3 is 10.2 Å². The Morgan fingerprint density at radius 2 is 2.27 bits per heavy atom. The van der Waals surface area contributed by atoms with Crippen molar-refractivity contribution >= 4 is 23.6 Å². The number of pyridine rings is 1. The molecule has 0 unspecified atom stereocenters. The van der Waals surface area contributed by atoms with Gasteiger partial charge >= 0.3 is 0 Å². The highest BCUT2D eigenvalue weighted by Crippen LogP contribution is 2.24. The smallest absolute Gasteiger partial charge is 0.274 e. The summed E-state index contributed by atoms with van der Waals surface area (Å²) in [5.41, 5.74) is 1.40. The van der Waals surface area contributed by atoms with Gasteiger partial charge in [0.05, 0.1) is 5.88 Å². The van der Waals surface area contributed by atoms with Crippen LogP contribution in [0.2, 0.25) is 0 Å². The minimum absolute atomic E-state index is 0.0548. The number of aryl methyl sites for hydroxylation is 1. The molecule has 1 aliphatic heterocycles. The van der Waals surface area contributed by atoms with E-state index in [1.807, 2.05) is 19.1 Å². The van der Waals surface area contributed by atoms with E-state index in [4.69, 9.17) is 0 Å². The Balaban J connectivity index is 2.09. The van der Waals surface area contributed by atoms with E-state index >= 15 is 0 Å². The van der Waals surface area contributed by atoms with Crippen molar-refractivity contribution in [3.05, 3.63) is 29.6 Å². The number of carbonyl (C=O) groups excluding carboxylic acids is 2. The van der Waals surface area contributed by atoms with Gasteiger partial charge in [0.15, 0.2) is 0 Å². The minimum atomic E-state index is -0.388. The molecule has 1 aromatic rings. The number of rotatable bonds is 6. The first kappa shape index (κ1) is 16.8. The summed E-state index contributed by atoms with van der Waals surface area (Å²) in [6.45, 7) is 4.75. The fourth-order valence-corrected chi connectivity index (χ4v) is 3.57. The lowest BCUT2D eigenvalue weighted by Crippen LogP contribution is -2.47. The average Bonchev–Trinajstić information content (AvgIpc) is 3.04. The Morgan fingerprint density at radius 1 is 1.45 bits per heavy atom. The molecule has 6 heteroatoms. The Hall–Kier alpha value is -1.56. The number of carbonyl (C=O) groups is 2. The number of unbranched alkanes of at least 4 members (excludes halogenated alkanes) is 1. The highest BCUT2D eigenvalue weighted by molar-refractivity contribution is 7.99. The van der Waals surface area contributed by atoms with E-state index in [2.05, 4.69) is 17.2 Å². The van der Waals surface area contributed by atoms with Gasteiger partial charge in [0, 0.05) is 18.5 Å². The Labute approximate surface area is 135 Å². The van der Waals surface area contributed by atoms with Crippen molar-refractivity contribution in [2.45, 2.75) is 39.2 Å². The summed E-state index contributed by atoms with van der Waals surface area (Å²) in [5.74, 6) is 1.00. The predicted octanol–water partition coefficient (Wildman–Crippen LogP) is 2.08. The first-order chi connectivity index (χ1) is 10.7. The molecule has 0 spiro atoms. The molecule has 2 rings (SSSR count). The number of thioether (sulfide) groups is 1. The Kier molecular flexibility index (Phi) is 6.24. The van der Waals surface area contributed by atoms with E-state index < -0.39 is 0 Å². The van der Waals surface area contributed by atoms with Crippen LogP contribution in [0.4, 0.5) is 0 Å². The zero-order chi connectivity index (χ0) is 15.9. The zero-order valence-corrected chi connectivity index (χ0v) is 14.0. The molecule has 22 heavy (non-hydrogen) atoms. The monoisotopic (exact) mass is 321 g/mol. The second kappa shape index (κ2) is 8.17. The quantitative estimate of drug-likeness (QED) is 0.815. The summed E-state index contributed by atoms with van der Waals surface area (Å²) >= 11 is 1.61. The maximum atomic E-state index is 12.7. The molecule has 0 aromatic carbocycles. The average molecular weight is 321 g/mol. The molecule has 0 aliphatic carbocycles. The second-order valence-electron chi connectivity index (χ2n) is 5.30. The summed E-state index contributed by atoms with van der Waals surface area (Å²) < 4.78 is 0. The van der Waals surface area contributed by atoms with Crippen molar-refractivity contribution in [3.63, 3.8) is 0 Å². The second-order valence-corrected chi connectivity index (χ2v) is 6.30. The number of hydrogen-bond donors (Lipinski definition) is 1. The van der Waals surface area contributed by atoms with Crippen LogP contribution in [-0.2, 0) is 11.2 Å². The highest BCUT2D eigenvalue weighted by atomic mass is 32.2. The molecule has 5 nitrogen and oxygen atoms in total. The van der Waals surface area contributed by atoms with Crippen LogP contribution >= 0.6 is 11.8 Å². The van der Waals surface area contributed by atoms with Crippen molar-refractivity contribution in [1.82, 2.24) is 15.2 Å². The van der Waals surface area contributed by atoms with Gasteiger partial charge in [-0.05, 0) is 24.5 Å². The molecule has 1 N–H and O–H groups in total. The van der Waals surface area contributed by atoms with Gasteiger partial charge in [0.2, 0.25) is 5.91 Å². The zero-order valence-electron chi connectivity index (χ0n) is 13.2. The minimum Gasteiger partial charge on any atom is -0.354 e. The molecule has 0 saturated carbocycles. The summed E-state index contributed by atoms with van der Waals surface area (Å²) in [6, 6.07) is 3.37. The highest BCUT2D eigenvalue weighted by Gasteiger charge is 2.35. The van der Waals surface area contributed by atoms with Gasteiger partial charge in [0.25, 0.3) is 5.91 Å². The van der Waals surface area contributed by atoms with Crippen molar-refractivity contribution in [2.24, 2.45) is 0 Å². The molecule has 120 valence electrons. The number of nitrogens with zero attached hydrogens (tertiary/aromatic N) is 2. The molecule has 2 heterocycles. The first-order valence-corrected chi connectivity index (χ1v) is 8.94. The summed E-state index contributed by atoms with van der Waals surface area (Å²) in [7, 11) is 0. The van der Waals surface area contributed by atoms with Crippen LogP contribution in [0.25, 0.3) is 0 Å². The molecule has 0 radical (unpaired) electrons. The molecule has 1 saturated heterocycles. The summed E-state index contributed by atoms with van der Waals surface area (Å²) in [5, 5.41) is 2.92. The van der Waals surface area contributed by atoms with E-state index in [0.717, 1.165) is 24.8 Å². The van der Waals surface area contributed by atoms with Crippen molar-refractivity contribution in [1.29, 1.82) is 0 Å². The fraction of sp³-hybridized carbons (Fsp3) is 0.562. The van der Waals surface area contributed by atoms with E-state index in [1.165, 1.54) is 0 Å². The molecular weight excluding hydrogens is 298 g/mol. The fourth-order valence-electron chi connectivity index (χ4n) is 2.42. The maximum Gasteiger partial charge on any atom is 0.274 e. The van der Waals surface area contributed by atoms with Gasteiger partial charge in [-0.3, -0.25) is 14.6 Å². The lowest BCUT2D eigenvalue weighted by molar-refractivity contribution is -0.124. The van der Waals surface area contributed by atoms with E-state index in [9.17, 15) is 9.59 Å². The van der Waals surface area contributed by atoms with Gasteiger partial charge in [-0.25, -0.2) is 0 Å². The largest absolute Gasteiger partial charge is 0.354 e. The van der Waals surface area contributed by atoms with E-state index in [0.29, 0.717) is 23.9 Å². The number of nitrogens with one attached hydrogen (secondary N) is 1. The Morgan fingerprint density at radius 3 is 3.00 bits per heavy atom. The number of aromatic nitrogens is 1. The summed E-state index contributed by atoms with van der Waals surface area (Å²) in [6.07, 6.45) is 4.38. The third-order valence-corrected chi connectivity index (χ3v) is 4.76. The maximum absolute atomic E-state index is 12.7. The van der Waals surface area contributed by atoms with Crippen molar-refractivity contribution in [2.75, 3.05) is 18.2 Å². The number of hydrogen-bond acceptors (Lipinski definition) is 4. The standard InChI is InChI=1S/C16H23N3O2S/c1-3-5-8-18-15(20)13-10-22-11-19(13)16(21)14-12(4-2)7-6-9-17-14/h6-7,9,13H,3-5,8,10-11H2,1-2H3,(H,18,20)/t13-/m0/s1. The number of amides is 2. The van der Waals surface area contributed by atoms with E-state index in [-0.39, 0.29) is 17.9 Å². The molecule has 1 fully saturated rings. The van der Waals surface area contributed by atoms with Gasteiger partial charge in [-0.15, -0.1) is 11.8 Å². The van der Waals surface area contributed by atoms with Gasteiger partial charge in [0.1, 0.15) is 11.7 Å². The topological polar surface area (TPSA) is 62.3 Å². The molecule has 1 aromatic heterocycles. The Bertz CT molecular complexity index is 536. The van der Waals surface area contributed by atoms with Crippen LogP contribution in [0.3, 0.4) is 0 Å². The van der Waals surface area contributed by atoms with Gasteiger partial charge in [-0.2, -0.15) is 0 Å². The van der Waals surface area contributed by atoms with Gasteiger partial charge in [-0.1, -0.05) is 26.3 Å². The third kappa shape index (κ3) is 3.80. The molecule has 1 aliphatic rings. The van der Waals surface area contributed by atoms with Crippen LogP contribution < -0.4 is 5.32 Å². The molecule has 2 amide bonds. The third-order valence-electron chi connectivity index (χ3n) is 3.75.